The van der Waals surface area contributed by atoms with E-state index in [-0.39, 0.29) is 39.2 Å². The van der Waals surface area contributed by atoms with Crippen molar-refractivity contribution in [2.45, 2.75) is 89.0 Å². The summed E-state index contributed by atoms with van der Waals surface area (Å²) in [6.07, 6.45) is -7.55. The maximum atomic E-state index is 12.6. The van der Waals surface area contributed by atoms with Crippen molar-refractivity contribution in [3.63, 3.8) is 0 Å². The lowest BCUT2D eigenvalue weighted by Crippen LogP contribution is -2.48. The number of carbonyl (C=O) groups is 1. The summed E-state index contributed by atoms with van der Waals surface area (Å²) in [6, 6.07) is 11.0. The summed E-state index contributed by atoms with van der Waals surface area (Å²) in [5, 5.41) is 61.5. The number of hydrogen-bond acceptors (Lipinski definition) is 10. The first-order valence-electron chi connectivity index (χ1n) is 15.2. The topological polar surface area (TPSA) is 171 Å². The molecule has 2 aliphatic rings. The Balaban J connectivity index is 0.00000226. The van der Waals surface area contributed by atoms with Gasteiger partial charge in [0.15, 0.2) is 0 Å². The average Bonchev–Trinajstić information content (AvgIpc) is 3.34. The van der Waals surface area contributed by atoms with Crippen molar-refractivity contribution in [1.29, 1.82) is 0 Å². The minimum Gasteiger partial charge on any atom is -0.465 e. The van der Waals surface area contributed by atoms with Crippen molar-refractivity contribution in [3.8, 4) is 23.7 Å². The summed E-state index contributed by atoms with van der Waals surface area (Å²) in [5.74, 6) is 11.2. The first-order valence-corrected chi connectivity index (χ1v) is 15.2. The average molecular weight is 624 g/mol. The third kappa shape index (κ3) is 7.85. The first kappa shape index (κ1) is 34.4. The molecule has 5 rings (SSSR count). The number of fused-ring (bicyclic) bond motifs is 3. The van der Waals surface area contributed by atoms with Gasteiger partial charge in [0.25, 0.3) is 0 Å². The molecule has 0 saturated carbocycles. The maximum absolute atomic E-state index is 12.6. The van der Waals surface area contributed by atoms with Gasteiger partial charge in [-0.05, 0) is 31.2 Å². The fraction of sp³-hybridized carbons (Fsp3) is 0.500. The summed E-state index contributed by atoms with van der Waals surface area (Å²) >= 11 is 0. The van der Waals surface area contributed by atoms with Gasteiger partial charge in [-0.2, -0.15) is 0 Å². The van der Waals surface area contributed by atoms with Crippen LogP contribution >= 0.6 is 0 Å². The largest absolute Gasteiger partial charge is 0.465 e. The molecule has 0 aliphatic carbocycles. The fourth-order valence-electron chi connectivity index (χ4n) is 5.45. The molecule has 11 heteroatoms. The normalized spacial score (nSPS) is 27.8. The molecule has 2 aliphatic heterocycles. The van der Waals surface area contributed by atoms with Crippen LogP contribution < -0.4 is 0 Å². The Hall–Kier alpha value is -3.49. The molecule has 1 aromatic heterocycles. The molecule has 2 saturated heterocycles. The molecule has 8 atom stereocenters. The Morgan fingerprint density at radius 2 is 1.27 bits per heavy atom. The van der Waals surface area contributed by atoms with Crippen molar-refractivity contribution in [1.82, 2.24) is 4.57 Å². The molecule has 45 heavy (non-hydrogen) atoms. The summed E-state index contributed by atoms with van der Waals surface area (Å²) < 4.78 is 18.3. The van der Waals surface area contributed by atoms with E-state index in [0.717, 1.165) is 10.8 Å². The van der Waals surface area contributed by atoms with Crippen LogP contribution in [0.15, 0.2) is 36.4 Å². The number of benzene rings is 2. The minimum absolute atomic E-state index is 0.0781. The van der Waals surface area contributed by atoms with Gasteiger partial charge in [-0.25, -0.2) is 0 Å². The van der Waals surface area contributed by atoms with Crippen LogP contribution in [0.4, 0.5) is 0 Å². The van der Waals surface area contributed by atoms with E-state index in [2.05, 4.69) is 23.7 Å². The second-order valence-electron chi connectivity index (χ2n) is 10.7. The van der Waals surface area contributed by atoms with Gasteiger partial charge in [-0.1, -0.05) is 49.7 Å². The van der Waals surface area contributed by atoms with E-state index in [0.29, 0.717) is 22.2 Å². The molecule has 242 valence electrons. The van der Waals surface area contributed by atoms with Crippen LogP contribution in [0, 0.1) is 23.7 Å². The lowest BCUT2D eigenvalue weighted by atomic mass is 9.98. The number of ether oxygens (including phenoxy) is 3. The number of esters is 1. The van der Waals surface area contributed by atoms with E-state index in [4.69, 9.17) is 14.2 Å². The highest BCUT2D eigenvalue weighted by Gasteiger charge is 2.36. The van der Waals surface area contributed by atoms with E-state index in [1.54, 1.807) is 23.6 Å². The number of nitrogens with zero attached hydrogens (tertiary/aromatic N) is 1. The van der Waals surface area contributed by atoms with Crippen LogP contribution in [0.3, 0.4) is 0 Å². The molecule has 0 amide bonds. The molecule has 3 heterocycles. The number of aromatic nitrogens is 1. The molecule has 0 spiro atoms. The standard InChI is InChI=1S/C32H35NO10.C2H6/c1-2-41-30(38)15-33-24-11-18(5-9-28-31(39)26(36)13-20(16-34)42-28)3-7-22(24)23-8-4-19(12-25(23)33)6-10-29-32(40)27(37)14-21(17-35)43-29;1-2/h3-4,7-8,11-12,20-21,26-29,31-32,34-37,39-40H,2,13-17H2,1H3;1-2H3. The first-order chi connectivity index (χ1) is 21.7. The van der Waals surface area contributed by atoms with Gasteiger partial charge in [-0.15, -0.1) is 0 Å². The number of carbonyl (C=O) groups excluding carboxylic acids is 1. The van der Waals surface area contributed by atoms with Gasteiger partial charge >= 0.3 is 5.97 Å². The molecular weight excluding hydrogens is 582 g/mol. The summed E-state index contributed by atoms with van der Waals surface area (Å²) in [6.45, 7) is 5.27. The van der Waals surface area contributed by atoms with E-state index >= 15 is 0 Å². The van der Waals surface area contributed by atoms with Gasteiger partial charge in [0, 0.05) is 34.7 Å². The highest BCUT2D eigenvalue weighted by molar-refractivity contribution is 6.09. The molecule has 11 nitrogen and oxygen atoms in total. The van der Waals surface area contributed by atoms with Crippen LogP contribution in [-0.4, -0.2) is 110 Å². The molecule has 6 N–H and O–H groups in total. The predicted molar refractivity (Wildman–Crippen MR) is 166 cm³/mol. The Morgan fingerprint density at radius 1 is 0.822 bits per heavy atom. The zero-order valence-electron chi connectivity index (χ0n) is 25.6. The van der Waals surface area contributed by atoms with Gasteiger partial charge in [-0.3, -0.25) is 4.79 Å². The zero-order chi connectivity index (χ0) is 32.7. The maximum Gasteiger partial charge on any atom is 0.325 e. The van der Waals surface area contributed by atoms with E-state index in [1.165, 1.54) is 0 Å². The summed E-state index contributed by atoms with van der Waals surface area (Å²) in [5.41, 5.74) is 2.58. The third-order valence-electron chi connectivity index (χ3n) is 7.68. The van der Waals surface area contributed by atoms with Crippen molar-refractivity contribution in [3.05, 3.63) is 47.5 Å². The molecular formula is C34H41NO10. The molecule has 0 radical (unpaired) electrons. The summed E-state index contributed by atoms with van der Waals surface area (Å²) in [4.78, 5) is 12.6. The smallest absolute Gasteiger partial charge is 0.325 e. The van der Waals surface area contributed by atoms with Gasteiger partial charge < -0.3 is 49.4 Å². The quantitative estimate of drug-likeness (QED) is 0.177. The van der Waals surface area contributed by atoms with Crippen LogP contribution in [0.1, 0.15) is 44.7 Å². The van der Waals surface area contributed by atoms with Crippen molar-refractivity contribution < 1.29 is 49.6 Å². The third-order valence-corrected chi connectivity index (χ3v) is 7.68. The predicted octanol–water partition coefficient (Wildman–Crippen LogP) is 0.830. The second-order valence-corrected chi connectivity index (χ2v) is 10.7. The zero-order valence-corrected chi connectivity index (χ0v) is 25.6. The Morgan fingerprint density at radius 3 is 1.67 bits per heavy atom. The highest BCUT2D eigenvalue weighted by atomic mass is 16.5. The Kier molecular flexibility index (Phi) is 12.0. The second kappa shape index (κ2) is 15.7. The van der Waals surface area contributed by atoms with E-state index in [9.17, 15) is 35.4 Å². The van der Waals surface area contributed by atoms with Crippen molar-refractivity contribution in [2.24, 2.45) is 0 Å². The molecule has 2 fully saturated rings. The minimum atomic E-state index is -1.22. The monoisotopic (exact) mass is 623 g/mol. The Labute approximate surface area is 262 Å². The van der Waals surface area contributed by atoms with Crippen LogP contribution in [0.2, 0.25) is 0 Å². The van der Waals surface area contributed by atoms with Gasteiger partial charge in [0.1, 0.15) is 31.0 Å². The highest BCUT2D eigenvalue weighted by Crippen LogP contribution is 2.31. The van der Waals surface area contributed by atoms with Crippen molar-refractivity contribution >= 4 is 27.8 Å². The van der Waals surface area contributed by atoms with Crippen molar-refractivity contribution in [2.75, 3.05) is 19.8 Å². The molecule has 3 aromatic rings. The van der Waals surface area contributed by atoms with E-state index in [1.807, 2.05) is 38.1 Å². The number of rotatable bonds is 5. The van der Waals surface area contributed by atoms with Crippen LogP contribution in [-0.2, 0) is 25.5 Å². The molecule has 0 bridgehead atoms. The SMILES string of the molecule is CC.CCOC(=O)Cn1c2cc(C#CC3OC(CO)CC(O)C3O)ccc2c2ccc(C#CC3OC(CO)CC(O)C3O)cc21. The number of hydrogen-bond donors (Lipinski definition) is 6. The number of aliphatic hydroxyl groups is 6. The number of aliphatic hydroxyl groups excluding tert-OH is 6. The Bertz CT molecular complexity index is 1490. The van der Waals surface area contributed by atoms with Gasteiger partial charge in [0.05, 0.1) is 55.3 Å². The van der Waals surface area contributed by atoms with E-state index < -0.39 is 54.8 Å². The fourth-order valence-corrected chi connectivity index (χ4v) is 5.45. The summed E-state index contributed by atoms with van der Waals surface area (Å²) in [7, 11) is 0. The van der Waals surface area contributed by atoms with Crippen LogP contribution in [0.5, 0.6) is 0 Å². The van der Waals surface area contributed by atoms with Crippen LogP contribution in [0.25, 0.3) is 21.8 Å². The molecule has 8 unspecified atom stereocenters. The molecule has 2 aromatic carbocycles. The van der Waals surface area contributed by atoms with Gasteiger partial charge in [0.2, 0.25) is 0 Å². The lowest BCUT2D eigenvalue weighted by molar-refractivity contribution is -0.157. The lowest BCUT2D eigenvalue weighted by Gasteiger charge is -2.33.